The van der Waals surface area contributed by atoms with Gasteiger partial charge < -0.3 is 25.0 Å². The maximum absolute atomic E-state index is 12.0. The number of nitrogens with zero attached hydrogens (tertiary/aromatic N) is 3. The first-order valence-electron chi connectivity index (χ1n) is 9.40. The highest BCUT2D eigenvalue weighted by molar-refractivity contribution is 8.26. The number of nitrogens with one attached hydrogen (secondary N) is 4. The summed E-state index contributed by atoms with van der Waals surface area (Å²) >= 11 is 0. The molecule has 2 aliphatic rings. The first-order valence-corrected chi connectivity index (χ1v) is 10.7. The molecule has 0 aromatic carbocycles. The second-order valence-electron chi connectivity index (χ2n) is 6.79. The molecule has 1 amide bonds. The fourth-order valence-corrected chi connectivity index (χ4v) is 4.61. The first-order chi connectivity index (χ1) is 13.9. The molecule has 29 heavy (non-hydrogen) atoms. The predicted molar refractivity (Wildman–Crippen MR) is 114 cm³/mol. The standard InChI is InChI=1S/C17H27N7O4S/c1-4-28-16(26)29-11-17(2,10-19-29)23-14-20-12(21-15(25)27-3)9-13(22-14)24-7-5-18-6-8-24/h9,11,18-19H,4-8,10H2,1-3H3,(H2,20,21,22,23,25). The van der Waals surface area contributed by atoms with Crippen LogP contribution in [0.5, 0.6) is 0 Å². The predicted octanol–water partition coefficient (Wildman–Crippen LogP) is 0.981. The second-order valence-corrected chi connectivity index (χ2v) is 8.32. The average molecular weight is 426 g/mol. The van der Waals surface area contributed by atoms with Crippen LogP contribution < -0.4 is 25.6 Å². The largest absolute Gasteiger partial charge is 0.457 e. The summed E-state index contributed by atoms with van der Waals surface area (Å²) in [5, 5.41) is 10.8. The molecule has 1 fully saturated rings. The molecular weight excluding hydrogens is 398 g/mol. The summed E-state index contributed by atoms with van der Waals surface area (Å²) in [5.74, 6) is 1.39. The topological polar surface area (TPSA) is 130 Å². The average Bonchev–Trinajstić information content (AvgIpc) is 3.10. The van der Waals surface area contributed by atoms with E-state index in [0.717, 1.165) is 26.2 Å². The smallest absolute Gasteiger partial charge is 0.412 e. The minimum Gasteiger partial charge on any atom is -0.457 e. The van der Waals surface area contributed by atoms with E-state index in [9.17, 15) is 9.59 Å². The Morgan fingerprint density at radius 2 is 2.10 bits per heavy atom. The summed E-state index contributed by atoms with van der Waals surface area (Å²) in [6.45, 7) is 7.86. The van der Waals surface area contributed by atoms with E-state index >= 15 is 0 Å². The Morgan fingerprint density at radius 1 is 1.34 bits per heavy atom. The zero-order valence-electron chi connectivity index (χ0n) is 16.8. The van der Waals surface area contributed by atoms with E-state index in [-0.39, 0.29) is 5.30 Å². The summed E-state index contributed by atoms with van der Waals surface area (Å²) in [5.41, 5.74) is -0.555. The van der Waals surface area contributed by atoms with Crippen molar-refractivity contribution in [1.29, 1.82) is 0 Å². The van der Waals surface area contributed by atoms with Crippen LogP contribution in [0.15, 0.2) is 6.07 Å². The van der Waals surface area contributed by atoms with E-state index in [0.29, 0.717) is 30.7 Å². The molecule has 0 radical (unpaired) electrons. The van der Waals surface area contributed by atoms with Crippen LogP contribution in [0.25, 0.3) is 0 Å². The highest BCUT2D eigenvalue weighted by Gasteiger charge is 2.32. The number of carbonyl (C=O) groups excluding carboxylic acids is 2. The van der Waals surface area contributed by atoms with E-state index in [1.54, 1.807) is 13.0 Å². The summed E-state index contributed by atoms with van der Waals surface area (Å²) in [6.07, 6.45) is -0.606. The van der Waals surface area contributed by atoms with Gasteiger partial charge in [0.25, 0.3) is 0 Å². The van der Waals surface area contributed by atoms with Gasteiger partial charge in [-0.3, -0.25) is 10.0 Å². The molecule has 1 aromatic heterocycles. The third kappa shape index (κ3) is 5.55. The summed E-state index contributed by atoms with van der Waals surface area (Å²) in [4.78, 5) is 34.8. The Balaban J connectivity index is 1.84. The minimum atomic E-state index is -0.803. The van der Waals surface area contributed by atoms with Crippen molar-refractivity contribution < 1.29 is 19.1 Å². The molecule has 12 heteroatoms. The van der Waals surface area contributed by atoms with Crippen LogP contribution >= 0.6 is 10.7 Å². The molecule has 2 atom stereocenters. The number of piperazine rings is 1. The Bertz CT molecular complexity index is 800. The fourth-order valence-electron chi connectivity index (χ4n) is 2.95. The molecule has 3 rings (SSSR count). The van der Waals surface area contributed by atoms with E-state index in [4.69, 9.17) is 4.74 Å². The lowest BCUT2D eigenvalue weighted by molar-refractivity contribution is 0.181. The Labute approximate surface area is 172 Å². The molecule has 1 aromatic rings. The highest BCUT2D eigenvalue weighted by atomic mass is 32.2. The third-order valence-corrected chi connectivity index (χ3v) is 6.07. The molecule has 0 aliphatic carbocycles. The van der Waals surface area contributed by atoms with Gasteiger partial charge in [-0.1, -0.05) is 0 Å². The van der Waals surface area contributed by atoms with Gasteiger partial charge in [0.05, 0.1) is 19.3 Å². The quantitative estimate of drug-likeness (QED) is 0.400. The minimum absolute atomic E-state index is 0.290. The molecule has 160 valence electrons. The number of hydrogen-bond acceptors (Lipinski definition) is 10. The molecule has 2 aliphatic heterocycles. The highest BCUT2D eigenvalue weighted by Crippen LogP contribution is 2.26. The van der Waals surface area contributed by atoms with Crippen LogP contribution in [0.1, 0.15) is 13.8 Å². The van der Waals surface area contributed by atoms with Gasteiger partial charge in [0, 0.05) is 38.8 Å². The summed E-state index contributed by atoms with van der Waals surface area (Å²) < 4.78 is 12.9. The molecule has 0 spiro atoms. The lowest BCUT2D eigenvalue weighted by Crippen LogP contribution is -2.44. The van der Waals surface area contributed by atoms with Crippen LogP contribution in [0, 0.1) is 0 Å². The molecule has 1 saturated heterocycles. The van der Waals surface area contributed by atoms with Gasteiger partial charge in [0.1, 0.15) is 11.6 Å². The number of amides is 1. The number of aromatic nitrogens is 2. The molecule has 0 bridgehead atoms. The molecule has 4 N–H and O–H groups in total. The summed E-state index contributed by atoms with van der Waals surface area (Å²) in [6, 6.07) is 1.72. The fraction of sp³-hybridized carbons (Fsp3) is 0.588. The molecular formula is C17H27N7O4S. The van der Waals surface area contributed by atoms with Gasteiger partial charge in [-0.25, -0.2) is 9.59 Å². The zero-order chi connectivity index (χ0) is 20.9. The monoisotopic (exact) mass is 425 g/mol. The van der Waals surface area contributed by atoms with E-state index < -0.39 is 22.3 Å². The Morgan fingerprint density at radius 3 is 2.79 bits per heavy atom. The molecule has 11 nitrogen and oxygen atoms in total. The van der Waals surface area contributed by atoms with Gasteiger partial charge in [0.2, 0.25) is 5.95 Å². The second kappa shape index (κ2) is 9.37. The van der Waals surface area contributed by atoms with Gasteiger partial charge in [-0.05, 0) is 29.9 Å². The normalized spacial score (nSPS) is 23.8. The zero-order valence-corrected chi connectivity index (χ0v) is 17.6. The Kier molecular flexibility index (Phi) is 6.87. The van der Waals surface area contributed by atoms with Crippen molar-refractivity contribution in [3.63, 3.8) is 0 Å². The van der Waals surface area contributed by atoms with Crippen molar-refractivity contribution >= 4 is 45.0 Å². The van der Waals surface area contributed by atoms with Crippen LogP contribution in [0.2, 0.25) is 0 Å². The maximum atomic E-state index is 12.0. The number of methoxy groups -OCH3 is 1. The number of carbonyl (C=O) groups is 2. The van der Waals surface area contributed by atoms with Crippen molar-refractivity contribution in [3.05, 3.63) is 6.07 Å². The van der Waals surface area contributed by atoms with Crippen LogP contribution in [-0.2, 0) is 9.47 Å². The van der Waals surface area contributed by atoms with Gasteiger partial charge >= 0.3 is 11.4 Å². The van der Waals surface area contributed by atoms with Gasteiger partial charge in [-0.2, -0.15) is 9.97 Å². The molecule has 3 heterocycles. The lowest BCUT2D eigenvalue weighted by atomic mass is 10.1. The number of rotatable bonds is 5. The SMILES string of the molecule is CCOC(=O)S1=CC(C)(Nc2nc(NC(=O)OC)cc(N3CCNCC3)n2)CN1. The van der Waals surface area contributed by atoms with Gasteiger partial charge in [0.15, 0.2) is 0 Å². The summed E-state index contributed by atoms with van der Waals surface area (Å²) in [7, 11) is 0.492. The van der Waals surface area contributed by atoms with Crippen LogP contribution in [-0.4, -0.2) is 78.7 Å². The van der Waals surface area contributed by atoms with Crippen molar-refractivity contribution in [2.75, 3.05) is 62.0 Å². The maximum Gasteiger partial charge on any atom is 0.412 e. The van der Waals surface area contributed by atoms with Crippen molar-refractivity contribution in [1.82, 2.24) is 20.0 Å². The van der Waals surface area contributed by atoms with E-state index in [2.05, 4.69) is 40.3 Å². The number of ether oxygens (including phenoxy) is 2. The first kappa shape index (κ1) is 21.3. The van der Waals surface area contributed by atoms with Crippen LogP contribution in [0.4, 0.5) is 27.2 Å². The van der Waals surface area contributed by atoms with E-state index in [1.807, 2.05) is 12.3 Å². The van der Waals surface area contributed by atoms with Crippen molar-refractivity contribution in [2.45, 2.75) is 19.4 Å². The van der Waals surface area contributed by atoms with Gasteiger partial charge in [-0.15, -0.1) is 0 Å². The van der Waals surface area contributed by atoms with E-state index in [1.165, 1.54) is 7.11 Å². The van der Waals surface area contributed by atoms with Crippen LogP contribution in [0.3, 0.4) is 0 Å². The molecule has 0 saturated carbocycles. The third-order valence-electron chi connectivity index (χ3n) is 4.38. The number of hydrogen-bond donors (Lipinski definition) is 4. The lowest BCUT2D eigenvalue weighted by Gasteiger charge is -2.29. The number of anilines is 3. The van der Waals surface area contributed by atoms with Crippen molar-refractivity contribution in [2.24, 2.45) is 0 Å². The Hall–Kier alpha value is -2.44. The molecule has 2 unspecified atom stereocenters. The van der Waals surface area contributed by atoms with Crippen molar-refractivity contribution in [3.8, 4) is 0 Å².